The smallest absolute Gasteiger partial charge is 0.233 e. The van der Waals surface area contributed by atoms with Crippen LogP contribution >= 0.6 is 0 Å². The Labute approximate surface area is 158 Å². The lowest BCUT2D eigenvalue weighted by atomic mass is 10.2. The first-order chi connectivity index (χ1) is 13.4. The fourth-order valence-corrected chi connectivity index (χ4v) is 2.93. The van der Waals surface area contributed by atoms with Crippen molar-refractivity contribution < 1.29 is 0 Å². The van der Waals surface area contributed by atoms with E-state index in [0.717, 1.165) is 31.9 Å². The molecule has 0 unspecified atom stereocenters. The molecule has 0 radical (unpaired) electrons. The summed E-state index contributed by atoms with van der Waals surface area (Å²) < 4.78 is 0. The van der Waals surface area contributed by atoms with Crippen LogP contribution in [-0.4, -0.2) is 41.1 Å². The van der Waals surface area contributed by atoms with Gasteiger partial charge in [-0.15, -0.1) is 0 Å². The van der Waals surface area contributed by atoms with Gasteiger partial charge in [-0.3, -0.25) is 0 Å². The normalized spacial score (nSPS) is 14.0. The molecule has 3 N–H and O–H groups in total. The minimum Gasteiger partial charge on any atom is -0.350 e. The van der Waals surface area contributed by atoms with Gasteiger partial charge >= 0.3 is 0 Å². The Hall–Kier alpha value is -3.19. The van der Waals surface area contributed by atoms with Crippen molar-refractivity contribution in [1.29, 1.82) is 0 Å². The summed E-state index contributed by atoms with van der Waals surface area (Å²) in [5.41, 5.74) is 2.13. The number of rotatable bonds is 6. The predicted octanol–water partition coefficient (Wildman–Crippen LogP) is 2.64. The molecule has 7 nitrogen and oxygen atoms in total. The summed E-state index contributed by atoms with van der Waals surface area (Å²) in [5.74, 6) is 1.81. The van der Waals surface area contributed by atoms with Crippen molar-refractivity contribution in [1.82, 2.24) is 20.3 Å². The van der Waals surface area contributed by atoms with Crippen molar-refractivity contribution in [2.24, 2.45) is 0 Å². The summed E-state index contributed by atoms with van der Waals surface area (Å²) in [6, 6.07) is 20.1. The third-order valence-electron chi connectivity index (χ3n) is 4.35. The third kappa shape index (κ3) is 4.71. The average Bonchev–Trinajstić information content (AvgIpc) is 2.74. The number of anilines is 4. The Morgan fingerprint density at radius 3 is 2.22 bits per heavy atom. The number of hydrogen-bond donors (Lipinski definition) is 3. The Bertz CT molecular complexity index is 849. The molecule has 0 bridgehead atoms. The lowest BCUT2D eigenvalue weighted by Crippen LogP contribution is -2.44. The van der Waals surface area contributed by atoms with Crippen LogP contribution in [-0.2, 0) is 6.54 Å². The van der Waals surface area contributed by atoms with Crippen molar-refractivity contribution in [3.63, 3.8) is 0 Å². The second-order valence-electron chi connectivity index (χ2n) is 6.35. The van der Waals surface area contributed by atoms with Crippen LogP contribution in [0.1, 0.15) is 5.56 Å². The molecule has 3 aromatic rings. The van der Waals surface area contributed by atoms with Gasteiger partial charge in [0.25, 0.3) is 0 Å². The molecular weight excluding hydrogens is 338 g/mol. The standard InChI is InChI=1S/C20H23N7/c1-3-7-16(8-4-1)15-22-18-24-19(23-17-9-5-2-6-10-17)26-20(25-18)27-13-11-21-12-14-27/h1-10,21H,11-15H2,(H2,22,23,24,25,26). The molecule has 1 saturated heterocycles. The molecule has 1 aromatic heterocycles. The molecule has 0 amide bonds. The van der Waals surface area contributed by atoms with Crippen LogP contribution in [0.15, 0.2) is 60.7 Å². The zero-order valence-corrected chi connectivity index (χ0v) is 15.1. The molecule has 138 valence electrons. The van der Waals surface area contributed by atoms with E-state index in [4.69, 9.17) is 0 Å². The maximum atomic E-state index is 4.64. The zero-order chi connectivity index (χ0) is 18.3. The molecule has 0 saturated carbocycles. The van der Waals surface area contributed by atoms with Gasteiger partial charge < -0.3 is 20.9 Å². The Morgan fingerprint density at radius 2 is 1.48 bits per heavy atom. The van der Waals surface area contributed by atoms with Crippen molar-refractivity contribution in [2.75, 3.05) is 41.7 Å². The SMILES string of the molecule is c1ccc(CNc2nc(Nc3ccccc3)nc(N3CCNCC3)n2)cc1. The van der Waals surface area contributed by atoms with Gasteiger partial charge in [0.2, 0.25) is 17.8 Å². The summed E-state index contributed by atoms with van der Waals surface area (Å²) in [5, 5.41) is 9.96. The second kappa shape index (κ2) is 8.46. The number of benzene rings is 2. The van der Waals surface area contributed by atoms with E-state index in [1.165, 1.54) is 5.56 Å². The predicted molar refractivity (Wildman–Crippen MR) is 108 cm³/mol. The van der Waals surface area contributed by atoms with E-state index >= 15 is 0 Å². The highest BCUT2D eigenvalue weighted by Crippen LogP contribution is 2.18. The maximum absolute atomic E-state index is 4.64. The van der Waals surface area contributed by atoms with Crippen molar-refractivity contribution >= 4 is 23.5 Å². The van der Waals surface area contributed by atoms with Crippen molar-refractivity contribution in [2.45, 2.75) is 6.54 Å². The number of nitrogens with zero attached hydrogens (tertiary/aromatic N) is 4. The molecule has 0 spiro atoms. The van der Waals surface area contributed by atoms with Crippen LogP contribution in [0.4, 0.5) is 23.5 Å². The second-order valence-corrected chi connectivity index (χ2v) is 6.35. The Kier molecular flexibility index (Phi) is 5.40. The van der Waals surface area contributed by atoms with Gasteiger partial charge in [0.1, 0.15) is 0 Å². The van der Waals surface area contributed by atoms with Gasteiger partial charge in [0, 0.05) is 38.4 Å². The van der Waals surface area contributed by atoms with Crippen molar-refractivity contribution in [3.8, 4) is 0 Å². The molecule has 27 heavy (non-hydrogen) atoms. The number of piperazine rings is 1. The summed E-state index contributed by atoms with van der Waals surface area (Å²) in [6.45, 7) is 4.29. The largest absolute Gasteiger partial charge is 0.350 e. The lowest BCUT2D eigenvalue weighted by molar-refractivity contribution is 0.579. The highest BCUT2D eigenvalue weighted by atomic mass is 15.3. The van der Waals surface area contributed by atoms with E-state index in [1.807, 2.05) is 48.5 Å². The summed E-state index contributed by atoms with van der Waals surface area (Å²) in [7, 11) is 0. The van der Waals surface area contributed by atoms with Gasteiger partial charge in [-0.05, 0) is 17.7 Å². The molecule has 0 aliphatic carbocycles. The van der Waals surface area contributed by atoms with E-state index in [2.05, 4.69) is 47.9 Å². The first kappa shape index (κ1) is 17.2. The third-order valence-corrected chi connectivity index (χ3v) is 4.35. The number of aromatic nitrogens is 3. The fourth-order valence-electron chi connectivity index (χ4n) is 2.93. The van der Waals surface area contributed by atoms with Crippen LogP contribution < -0.4 is 20.9 Å². The Balaban J connectivity index is 1.57. The van der Waals surface area contributed by atoms with Gasteiger partial charge in [-0.2, -0.15) is 15.0 Å². The van der Waals surface area contributed by atoms with E-state index in [-0.39, 0.29) is 0 Å². The molecule has 1 fully saturated rings. The minimum atomic E-state index is 0.542. The van der Waals surface area contributed by atoms with Crippen LogP contribution in [0, 0.1) is 0 Å². The molecule has 7 heteroatoms. The average molecular weight is 361 g/mol. The zero-order valence-electron chi connectivity index (χ0n) is 15.1. The quantitative estimate of drug-likeness (QED) is 0.623. The molecular formula is C20H23N7. The van der Waals surface area contributed by atoms with E-state index in [0.29, 0.717) is 24.4 Å². The number of hydrogen-bond acceptors (Lipinski definition) is 7. The van der Waals surface area contributed by atoms with E-state index < -0.39 is 0 Å². The number of nitrogens with one attached hydrogen (secondary N) is 3. The fraction of sp³-hybridized carbons (Fsp3) is 0.250. The molecule has 4 rings (SSSR count). The highest BCUT2D eigenvalue weighted by Gasteiger charge is 2.16. The highest BCUT2D eigenvalue weighted by molar-refractivity contribution is 5.55. The topological polar surface area (TPSA) is 78.0 Å². The van der Waals surface area contributed by atoms with Crippen LogP contribution in [0.2, 0.25) is 0 Å². The van der Waals surface area contributed by atoms with Gasteiger partial charge in [0.05, 0.1) is 0 Å². The first-order valence-electron chi connectivity index (χ1n) is 9.18. The molecule has 2 aromatic carbocycles. The van der Waals surface area contributed by atoms with Gasteiger partial charge in [-0.1, -0.05) is 48.5 Å². The first-order valence-corrected chi connectivity index (χ1v) is 9.18. The van der Waals surface area contributed by atoms with E-state index in [9.17, 15) is 0 Å². The van der Waals surface area contributed by atoms with Crippen LogP contribution in [0.25, 0.3) is 0 Å². The summed E-state index contributed by atoms with van der Waals surface area (Å²) in [4.78, 5) is 16.0. The van der Waals surface area contributed by atoms with E-state index in [1.54, 1.807) is 0 Å². The van der Waals surface area contributed by atoms with Crippen molar-refractivity contribution in [3.05, 3.63) is 66.2 Å². The molecule has 1 aliphatic heterocycles. The lowest BCUT2D eigenvalue weighted by Gasteiger charge is -2.27. The maximum Gasteiger partial charge on any atom is 0.233 e. The summed E-state index contributed by atoms with van der Waals surface area (Å²) >= 11 is 0. The molecule has 0 atom stereocenters. The molecule has 2 heterocycles. The molecule has 1 aliphatic rings. The Morgan fingerprint density at radius 1 is 0.815 bits per heavy atom. The monoisotopic (exact) mass is 361 g/mol. The van der Waals surface area contributed by atoms with Crippen LogP contribution in [0.3, 0.4) is 0 Å². The number of para-hydroxylation sites is 1. The van der Waals surface area contributed by atoms with Crippen LogP contribution in [0.5, 0.6) is 0 Å². The summed E-state index contributed by atoms with van der Waals surface area (Å²) in [6.07, 6.45) is 0. The minimum absolute atomic E-state index is 0.542. The van der Waals surface area contributed by atoms with Gasteiger partial charge in [0.15, 0.2) is 0 Å². The van der Waals surface area contributed by atoms with Gasteiger partial charge in [-0.25, -0.2) is 0 Å².